The second-order valence-electron chi connectivity index (χ2n) is 9.50. The average Bonchev–Trinajstić information content (AvgIpc) is 2.97. The van der Waals surface area contributed by atoms with Crippen LogP contribution in [0.4, 0.5) is 17.1 Å². The van der Waals surface area contributed by atoms with E-state index >= 15 is 0 Å². The number of sulfonamides is 1. The van der Waals surface area contributed by atoms with E-state index in [9.17, 15) is 18.0 Å². The zero-order chi connectivity index (χ0) is 28.9. The van der Waals surface area contributed by atoms with Crippen LogP contribution >= 0.6 is 0 Å². The molecule has 0 spiro atoms. The molecule has 1 fully saturated rings. The number of hydrogen-bond acceptors (Lipinski definition) is 8. The van der Waals surface area contributed by atoms with Gasteiger partial charge in [0.05, 0.1) is 24.8 Å². The molecular weight excluding hydrogens is 532 g/mol. The van der Waals surface area contributed by atoms with Crippen molar-refractivity contribution in [2.45, 2.75) is 24.8 Å². The number of ether oxygens (including phenoxy) is 2. The number of benzene rings is 3. The molecule has 0 aromatic heterocycles. The van der Waals surface area contributed by atoms with Gasteiger partial charge in [0.1, 0.15) is 11.8 Å². The van der Waals surface area contributed by atoms with Crippen molar-refractivity contribution in [3.05, 3.63) is 77.9 Å². The molecule has 3 aromatic rings. The Hall–Kier alpha value is -4.25. The van der Waals surface area contributed by atoms with Crippen LogP contribution in [0.1, 0.15) is 22.8 Å². The van der Waals surface area contributed by atoms with Crippen LogP contribution < -0.4 is 19.7 Å². The summed E-state index contributed by atoms with van der Waals surface area (Å²) < 4.78 is 39.1. The number of anilines is 3. The third-order valence-corrected chi connectivity index (χ3v) is 8.20. The zero-order valence-corrected chi connectivity index (χ0v) is 23.8. The molecule has 1 aliphatic heterocycles. The minimum absolute atomic E-state index is 0.00405. The highest BCUT2D eigenvalue weighted by atomic mass is 32.2. The lowest BCUT2D eigenvalue weighted by molar-refractivity contribution is -0.141. The van der Waals surface area contributed by atoms with E-state index in [-0.39, 0.29) is 10.8 Å². The molecule has 1 amide bonds. The Morgan fingerprint density at radius 3 is 2.20 bits per heavy atom. The second-order valence-corrected chi connectivity index (χ2v) is 11.2. The topological polar surface area (TPSA) is 117 Å². The molecule has 1 heterocycles. The van der Waals surface area contributed by atoms with Gasteiger partial charge in [0.2, 0.25) is 0 Å². The quantitative estimate of drug-likeness (QED) is 0.376. The van der Waals surface area contributed by atoms with Gasteiger partial charge in [-0.15, -0.1) is 0 Å². The molecule has 1 atom stereocenters. The molecule has 1 saturated heterocycles. The number of nitrogens with zero attached hydrogens (tertiary/aromatic N) is 2. The van der Waals surface area contributed by atoms with Crippen LogP contribution in [-0.4, -0.2) is 71.6 Å². The Morgan fingerprint density at radius 2 is 1.55 bits per heavy atom. The molecule has 11 heteroatoms. The van der Waals surface area contributed by atoms with Gasteiger partial charge in [-0.1, -0.05) is 18.2 Å². The molecule has 0 bridgehead atoms. The summed E-state index contributed by atoms with van der Waals surface area (Å²) in [4.78, 5) is 29.0. The fourth-order valence-corrected chi connectivity index (χ4v) is 5.63. The summed E-state index contributed by atoms with van der Waals surface area (Å²) in [5.74, 6) is 0.169. The fourth-order valence-electron chi connectivity index (χ4n) is 4.54. The van der Waals surface area contributed by atoms with Gasteiger partial charge in [-0.05, 0) is 67.9 Å². The number of methoxy groups -OCH3 is 2. The van der Waals surface area contributed by atoms with Crippen LogP contribution in [0, 0.1) is 6.92 Å². The number of carbonyl (C=O) groups is 2. The van der Waals surface area contributed by atoms with Gasteiger partial charge in [-0.2, -0.15) is 0 Å². The summed E-state index contributed by atoms with van der Waals surface area (Å²) in [7, 11) is -1.01. The van der Waals surface area contributed by atoms with Crippen molar-refractivity contribution in [3.8, 4) is 5.75 Å². The maximum atomic E-state index is 13.4. The van der Waals surface area contributed by atoms with Crippen molar-refractivity contribution < 1.29 is 27.5 Å². The maximum absolute atomic E-state index is 13.4. The Kier molecular flexibility index (Phi) is 8.83. The first kappa shape index (κ1) is 28.8. The first-order valence-electron chi connectivity index (χ1n) is 12.9. The third kappa shape index (κ3) is 6.48. The van der Waals surface area contributed by atoms with Crippen LogP contribution in [0.15, 0.2) is 71.6 Å². The van der Waals surface area contributed by atoms with E-state index in [0.29, 0.717) is 48.7 Å². The lowest BCUT2D eigenvalue weighted by Gasteiger charge is -2.36. The van der Waals surface area contributed by atoms with E-state index in [1.54, 1.807) is 56.2 Å². The summed E-state index contributed by atoms with van der Waals surface area (Å²) in [6.07, 6.45) is 0. The Balaban J connectivity index is 1.44. The van der Waals surface area contributed by atoms with Gasteiger partial charge in [-0.3, -0.25) is 9.52 Å². The van der Waals surface area contributed by atoms with Crippen molar-refractivity contribution in [2.75, 3.05) is 55.3 Å². The highest BCUT2D eigenvalue weighted by molar-refractivity contribution is 7.92. The number of hydrogen-bond donors (Lipinski definition) is 2. The molecule has 2 N–H and O–H groups in total. The monoisotopic (exact) mass is 566 g/mol. The number of para-hydroxylation sites is 2. The number of piperazine rings is 1. The third-order valence-electron chi connectivity index (χ3n) is 6.82. The standard InChI is InChI=1S/C29H34N4O6S/c1-20-9-14-24(40(36,37)31-23-12-10-22(11-13-23)30-21(2)29(35)39-4)19-25(20)28(34)33-17-15-32(16-18-33)26-7-5-6-8-27(26)38-3/h5-14,19,21,30-31H,15-18H2,1-4H3. The highest BCUT2D eigenvalue weighted by Gasteiger charge is 2.26. The Morgan fingerprint density at radius 1 is 0.900 bits per heavy atom. The molecule has 4 rings (SSSR count). The zero-order valence-electron chi connectivity index (χ0n) is 23.0. The molecule has 0 radical (unpaired) electrons. The van der Waals surface area contributed by atoms with Crippen LogP contribution in [-0.2, 0) is 19.6 Å². The summed E-state index contributed by atoms with van der Waals surface area (Å²) in [6, 6.07) is 18.3. The van der Waals surface area contributed by atoms with Crippen LogP contribution in [0.3, 0.4) is 0 Å². The minimum atomic E-state index is -3.96. The van der Waals surface area contributed by atoms with Crippen molar-refractivity contribution >= 4 is 39.0 Å². The molecule has 1 aliphatic rings. The van der Waals surface area contributed by atoms with E-state index in [2.05, 4.69) is 14.9 Å². The number of aryl methyl sites for hydroxylation is 1. The minimum Gasteiger partial charge on any atom is -0.495 e. The number of rotatable bonds is 9. The lowest BCUT2D eigenvalue weighted by Crippen LogP contribution is -2.49. The predicted octanol–water partition coefficient (Wildman–Crippen LogP) is 3.74. The van der Waals surface area contributed by atoms with Crippen LogP contribution in [0.5, 0.6) is 5.75 Å². The number of esters is 1. The predicted molar refractivity (Wildman–Crippen MR) is 155 cm³/mol. The Bertz CT molecular complexity index is 1470. The van der Waals surface area contributed by atoms with Crippen molar-refractivity contribution in [2.24, 2.45) is 0 Å². The van der Waals surface area contributed by atoms with E-state index in [0.717, 1.165) is 11.4 Å². The molecular formula is C29H34N4O6S. The van der Waals surface area contributed by atoms with E-state index < -0.39 is 22.0 Å². The number of amides is 1. The van der Waals surface area contributed by atoms with E-state index in [1.807, 2.05) is 24.3 Å². The van der Waals surface area contributed by atoms with E-state index in [4.69, 9.17) is 9.47 Å². The SMILES string of the molecule is COC(=O)C(C)Nc1ccc(NS(=O)(=O)c2ccc(C)c(C(=O)N3CCN(c4ccccc4OC)CC3)c2)cc1. The van der Waals surface area contributed by atoms with Crippen molar-refractivity contribution in [1.82, 2.24) is 4.90 Å². The first-order chi connectivity index (χ1) is 19.1. The normalized spacial score (nSPS) is 14.3. The smallest absolute Gasteiger partial charge is 0.327 e. The molecule has 10 nitrogen and oxygen atoms in total. The molecule has 212 valence electrons. The molecule has 0 aliphatic carbocycles. The van der Waals surface area contributed by atoms with E-state index in [1.165, 1.54) is 19.2 Å². The summed E-state index contributed by atoms with van der Waals surface area (Å²) in [5.41, 5.74) is 3.01. The summed E-state index contributed by atoms with van der Waals surface area (Å²) >= 11 is 0. The number of nitrogens with one attached hydrogen (secondary N) is 2. The van der Waals surface area contributed by atoms with Crippen molar-refractivity contribution in [3.63, 3.8) is 0 Å². The largest absolute Gasteiger partial charge is 0.495 e. The summed E-state index contributed by atoms with van der Waals surface area (Å²) in [5, 5.41) is 2.99. The van der Waals surface area contributed by atoms with Gasteiger partial charge in [-0.25, -0.2) is 13.2 Å². The fraction of sp³-hybridized carbons (Fsp3) is 0.310. The molecule has 0 saturated carbocycles. The van der Waals surface area contributed by atoms with Crippen molar-refractivity contribution in [1.29, 1.82) is 0 Å². The van der Waals surface area contributed by atoms with Crippen LogP contribution in [0.2, 0.25) is 0 Å². The molecule has 40 heavy (non-hydrogen) atoms. The highest BCUT2D eigenvalue weighted by Crippen LogP contribution is 2.29. The van der Waals surface area contributed by atoms with Crippen LogP contribution in [0.25, 0.3) is 0 Å². The van der Waals surface area contributed by atoms with Gasteiger partial charge in [0.15, 0.2) is 0 Å². The molecule has 1 unspecified atom stereocenters. The molecule has 3 aromatic carbocycles. The van der Waals surface area contributed by atoms with Gasteiger partial charge < -0.3 is 24.6 Å². The average molecular weight is 567 g/mol. The maximum Gasteiger partial charge on any atom is 0.327 e. The lowest BCUT2D eigenvalue weighted by atomic mass is 10.1. The number of carbonyl (C=O) groups excluding carboxylic acids is 2. The summed E-state index contributed by atoms with van der Waals surface area (Å²) in [6.45, 7) is 5.73. The second kappa shape index (κ2) is 12.3. The first-order valence-corrected chi connectivity index (χ1v) is 14.4. The Labute approximate surface area is 234 Å². The van der Waals surface area contributed by atoms with Gasteiger partial charge in [0.25, 0.3) is 15.9 Å². The van der Waals surface area contributed by atoms with Gasteiger partial charge >= 0.3 is 5.97 Å². The van der Waals surface area contributed by atoms with Gasteiger partial charge in [0, 0.05) is 43.1 Å².